The lowest BCUT2D eigenvalue weighted by molar-refractivity contribution is 0.611. The summed E-state index contributed by atoms with van der Waals surface area (Å²) < 4.78 is 14.2. The highest BCUT2D eigenvalue weighted by atomic mass is 79.9. The van der Waals surface area contributed by atoms with E-state index in [-0.39, 0.29) is 11.9 Å². The monoisotopic (exact) mass is 322 g/mol. The molecule has 2 nitrogen and oxygen atoms in total. The molecule has 0 saturated heterocycles. The number of aryl methyl sites for hydroxylation is 2. The van der Waals surface area contributed by atoms with Crippen LogP contribution in [-0.2, 0) is 0 Å². The van der Waals surface area contributed by atoms with Gasteiger partial charge in [-0.1, -0.05) is 28.1 Å². The molecule has 0 radical (unpaired) electrons. The average Bonchev–Trinajstić information content (AvgIpc) is 2.31. The second-order valence-corrected chi connectivity index (χ2v) is 5.58. The second kappa shape index (κ2) is 5.82. The van der Waals surface area contributed by atoms with Crippen molar-refractivity contribution in [3.63, 3.8) is 0 Å². The summed E-state index contributed by atoms with van der Waals surface area (Å²) in [5.41, 5.74) is 6.84. The van der Waals surface area contributed by atoms with E-state index >= 15 is 0 Å². The van der Waals surface area contributed by atoms with E-state index in [0.717, 1.165) is 26.7 Å². The van der Waals surface area contributed by atoms with Gasteiger partial charge in [0.1, 0.15) is 5.82 Å². The van der Waals surface area contributed by atoms with E-state index in [4.69, 9.17) is 5.84 Å². The van der Waals surface area contributed by atoms with Crippen molar-refractivity contribution in [2.24, 2.45) is 5.84 Å². The van der Waals surface area contributed by atoms with Gasteiger partial charge < -0.3 is 0 Å². The Labute approximate surface area is 120 Å². The van der Waals surface area contributed by atoms with Crippen LogP contribution in [0.15, 0.2) is 40.9 Å². The number of rotatable bonds is 3. The number of nitrogens with two attached hydrogens (primary N) is 1. The van der Waals surface area contributed by atoms with Crippen molar-refractivity contribution < 1.29 is 4.39 Å². The van der Waals surface area contributed by atoms with Crippen LogP contribution in [0.25, 0.3) is 0 Å². The van der Waals surface area contributed by atoms with Gasteiger partial charge in [0, 0.05) is 4.47 Å². The quantitative estimate of drug-likeness (QED) is 0.667. The van der Waals surface area contributed by atoms with Crippen molar-refractivity contribution in [2.75, 3.05) is 0 Å². The van der Waals surface area contributed by atoms with E-state index < -0.39 is 0 Å². The first-order chi connectivity index (χ1) is 9.01. The Morgan fingerprint density at radius 1 is 1.16 bits per heavy atom. The third-order valence-corrected chi connectivity index (χ3v) is 3.57. The van der Waals surface area contributed by atoms with Crippen LogP contribution in [0.5, 0.6) is 0 Å². The summed E-state index contributed by atoms with van der Waals surface area (Å²) in [7, 11) is 0. The molecule has 1 atom stereocenters. The number of nitrogens with one attached hydrogen (secondary N) is 1. The number of hydrazine groups is 1. The van der Waals surface area contributed by atoms with Crippen molar-refractivity contribution in [1.82, 2.24) is 5.43 Å². The van der Waals surface area contributed by atoms with E-state index in [2.05, 4.69) is 27.4 Å². The van der Waals surface area contributed by atoms with Crippen molar-refractivity contribution in [2.45, 2.75) is 19.9 Å². The number of hydrogen-bond acceptors (Lipinski definition) is 2. The molecule has 0 aliphatic heterocycles. The summed E-state index contributed by atoms with van der Waals surface area (Å²) in [4.78, 5) is 0. The molecule has 2 rings (SSSR count). The van der Waals surface area contributed by atoms with Gasteiger partial charge in [-0.25, -0.2) is 9.82 Å². The van der Waals surface area contributed by atoms with E-state index in [0.29, 0.717) is 0 Å². The fraction of sp³-hybridized carbons (Fsp3) is 0.200. The minimum absolute atomic E-state index is 0.156. The Kier molecular flexibility index (Phi) is 4.34. The van der Waals surface area contributed by atoms with Gasteiger partial charge in [-0.2, -0.15) is 0 Å². The molecule has 0 aromatic heterocycles. The van der Waals surface area contributed by atoms with Crippen LogP contribution in [0.4, 0.5) is 4.39 Å². The van der Waals surface area contributed by atoms with Crippen molar-refractivity contribution >= 4 is 15.9 Å². The van der Waals surface area contributed by atoms with Gasteiger partial charge in [-0.3, -0.25) is 5.84 Å². The topological polar surface area (TPSA) is 38.0 Å². The summed E-state index contributed by atoms with van der Waals surface area (Å²) in [6.07, 6.45) is 0. The zero-order chi connectivity index (χ0) is 14.0. The highest BCUT2D eigenvalue weighted by molar-refractivity contribution is 9.10. The van der Waals surface area contributed by atoms with Crippen LogP contribution in [0, 0.1) is 19.7 Å². The Bertz CT molecular complexity index is 578. The molecule has 4 heteroatoms. The minimum atomic E-state index is -0.234. The lowest BCUT2D eigenvalue weighted by Gasteiger charge is -2.20. The van der Waals surface area contributed by atoms with E-state index in [1.165, 1.54) is 12.1 Å². The summed E-state index contributed by atoms with van der Waals surface area (Å²) in [5.74, 6) is 5.45. The standard InChI is InChI=1S/C15H16BrFN2/c1-9-5-11(8-12(16)6-9)15(19-18)14-4-3-13(17)7-10(14)2/h3-8,15,19H,18H2,1-2H3. The van der Waals surface area contributed by atoms with Crippen LogP contribution in [-0.4, -0.2) is 0 Å². The third kappa shape index (κ3) is 3.21. The van der Waals surface area contributed by atoms with Crippen molar-refractivity contribution in [1.29, 1.82) is 0 Å². The number of benzene rings is 2. The predicted octanol–water partition coefficient (Wildman–Crippen LogP) is 3.76. The highest BCUT2D eigenvalue weighted by Crippen LogP contribution is 2.27. The highest BCUT2D eigenvalue weighted by Gasteiger charge is 2.15. The smallest absolute Gasteiger partial charge is 0.123 e. The minimum Gasteiger partial charge on any atom is -0.271 e. The lowest BCUT2D eigenvalue weighted by Crippen LogP contribution is -2.29. The molecule has 1 unspecified atom stereocenters. The summed E-state index contributed by atoms with van der Waals surface area (Å²) in [5, 5.41) is 0. The van der Waals surface area contributed by atoms with Gasteiger partial charge in [-0.15, -0.1) is 0 Å². The molecule has 3 N–H and O–H groups in total. The van der Waals surface area contributed by atoms with Crippen LogP contribution in [0.3, 0.4) is 0 Å². The Hall–Kier alpha value is -1.23. The van der Waals surface area contributed by atoms with E-state index in [1.807, 2.05) is 26.0 Å². The van der Waals surface area contributed by atoms with Crippen LogP contribution in [0.2, 0.25) is 0 Å². The maximum Gasteiger partial charge on any atom is 0.123 e. The van der Waals surface area contributed by atoms with Crippen LogP contribution < -0.4 is 11.3 Å². The van der Waals surface area contributed by atoms with Gasteiger partial charge in [0.05, 0.1) is 6.04 Å². The molecule has 0 fully saturated rings. The first-order valence-corrected chi connectivity index (χ1v) is 6.80. The lowest BCUT2D eigenvalue weighted by atomic mass is 9.94. The molecule has 19 heavy (non-hydrogen) atoms. The van der Waals surface area contributed by atoms with Crippen LogP contribution >= 0.6 is 15.9 Å². The second-order valence-electron chi connectivity index (χ2n) is 4.66. The Morgan fingerprint density at radius 3 is 2.47 bits per heavy atom. The molecule has 0 amide bonds. The van der Waals surface area contributed by atoms with Gasteiger partial charge in [0.25, 0.3) is 0 Å². The van der Waals surface area contributed by atoms with E-state index in [9.17, 15) is 4.39 Å². The van der Waals surface area contributed by atoms with Crippen molar-refractivity contribution in [3.8, 4) is 0 Å². The van der Waals surface area contributed by atoms with Crippen molar-refractivity contribution in [3.05, 3.63) is 68.9 Å². The molecular weight excluding hydrogens is 307 g/mol. The Morgan fingerprint density at radius 2 is 1.89 bits per heavy atom. The average molecular weight is 323 g/mol. The molecule has 0 bridgehead atoms. The van der Waals surface area contributed by atoms with Gasteiger partial charge in [0.15, 0.2) is 0 Å². The zero-order valence-electron chi connectivity index (χ0n) is 10.9. The number of halogens is 2. The summed E-state index contributed by atoms with van der Waals surface area (Å²) in [6.45, 7) is 3.91. The summed E-state index contributed by atoms with van der Waals surface area (Å²) in [6, 6.07) is 10.7. The fourth-order valence-corrected chi connectivity index (χ4v) is 2.89. The predicted molar refractivity (Wildman–Crippen MR) is 79.2 cm³/mol. The maximum absolute atomic E-state index is 13.2. The fourth-order valence-electron chi connectivity index (χ4n) is 2.26. The SMILES string of the molecule is Cc1cc(Br)cc(C(NN)c2ccc(F)cc2C)c1. The molecule has 0 saturated carbocycles. The molecule has 2 aromatic rings. The summed E-state index contributed by atoms with van der Waals surface area (Å²) >= 11 is 3.48. The molecule has 0 spiro atoms. The van der Waals surface area contributed by atoms with Gasteiger partial charge >= 0.3 is 0 Å². The normalized spacial score (nSPS) is 12.5. The van der Waals surface area contributed by atoms with Gasteiger partial charge in [-0.05, 0) is 60.4 Å². The first-order valence-electron chi connectivity index (χ1n) is 6.00. The molecule has 100 valence electrons. The van der Waals surface area contributed by atoms with Crippen LogP contribution in [0.1, 0.15) is 28.3 Å². The van der Waals surface area contributed by atoms with Gasteiger partial charge in [0.2, 0.25) is 0 Å². The molecule has 0 aliphatic carbocycles. The maximum atomic E-state index is 13.2. The molecular formula is C15H16BrFN2. The van der Waals surface area contributed by atoms with E-state index in [1.54, 1.807) is 6.07 Å². The number of hydrogen-bond donors (Lipinski definition) is 2. The molecule has 2 aromatic carbocycles. The molecule has 0 heterocycles. The molecule has 0 aliphatic rings. The third-order valence-electron chi connectivity index (χ3n) is 3.11. The Balaban J connectivity index is 2.49. The zero-order valence-corrected chi connectivity index (χ0v) is 12.5. The largest absolute Gasteiger partial charge is 0.271 e. The first kappa shape index (κ1) is 14.2.